The summed E-state index contributed by atoms with van der Waals surface area (Å²) >= 11 is 4.86. The number of nitrogens with one attached hydrogen (secondary N) is 2. The number of nitrogens with zero attached hydrogens (tertiary/aromatic N) is 2. The minimum absolute atomic E-state index is 0.00131. The lowest BCUT2D eigenvalue weighted by Gasteiger charge is -2.26. The van der Waals surface area contributed by atoms with Crippen molar-refractivity contribution in [1.29, 1.82) is 0 Å². The zero-order chi connectivity index (χ0) is 18.0. The van der Waals surface area contributed by atoms with Crippen LogP contribution in [-0.2, 0) is 13.0 Å². The van der Waals surface area contributed by atoms with Crippen molar-refractivity contribution in [3.8, 4) is 0 Å². The van der Waals surface area contributed by atoms with E-state index >= 15 is 0 Å². The zero-order valence-electron chi connectivity index (χ0n) is 14.0. The Morgan fingerprint density at radius 1 is 1.32 bits per heavy atom. The molecule has 0 spiro atoms. The van der Waals surface area contributed by atoms with Gasteiger partial charge in [-0.1, -0.05) is 23.5 Å². The Balaban J connectivity index is 1.70. The van der Waals surface area contributed by atoms with E-state index in [1.807, 2.05) is 43.0 Å². The summed E-state index contributed by atoms with van der Waals surface area (Å²) in [6, 6.07) is 7.23. The van der Waals surface area contributed by atoms with Crippen LogP contribution in [0.2, 0.25) is 0 Å². The molecule has 2 N–H and O–H groups in total. The van der Waals surface area contributed by atoms with Gasteiger partial charge in [-0.2, -0.15) is 0 Å². The molecule has 132 valence electrons. The normalized spacial score (nSPS) is 13.5. The molecular formula is C17H19BrN4O2S. The first-order valence-corrected chi connectivity index (χ1v) is 9.65. The van der Waals surface area contributed by atoms with Crippen LogP contribution >= 0.6 is 27.3 Å². The lowest BCUT2D eigenvalue weighted by molar-refractivity contribution is 0.0735. The van der Waals surface area contributed by atoms with Gasteiger partial charge < -0.3 is 10.2 Å². The topological polar surface area (TPSA) is 74.3 Å². The van der Waals surface area contributed by atoms with Gasteiger partial charge in [-0.15, -0.1) is 0 Å². The second-order valence-corrected chi connectivity index (χ2v) is 8.04. The first-order valence-electron chi connectivity index (χ1n) is 8.04. The Hall–Kier alpha value is -1.93. The average molecular weight is 423 g/mol. The van der Waals surface area contributed by atoms with Crippen molar-refractivity contribution in [2.24, 2.45) is 0 Å². The molecule has 0 unspecified atom stereocenters. The predicted octanol–water partition coefficient (Wildman–Crippen LogP) is 3.63. The predicted molar refractivity (Wildman–Crippen MR) is 102 cm³/mol. The van der Waals surface area contributed by atoms with Crippen LogP contribution in [0.1, 0.15) is 34.8 Å². The van der Waals surface area contributed by atoms with E-state index in [0.29, 0.717) is 30.2 Å². The maximum Gasteiger partial charge on any atom is 0.321 e. The molecular weight excluding hydrogens is 404 g/mol. The zero-order valence-corrected chi connectivity index (χ0v) is 16.4. The molecule has 0 radical (unpaired) electrons. The van der Waals surface area contributed by atoms with Crippen molar-refractivity contribution < 1.29 is 9.59 Å². The first-order chi connectivity index (χ1) is 11.9. The van der Waals surface area contributed by atoms with Gasteiger partial charge in [-0.05, 0) is 41.9 Å². The van der Waals surface area contributed by atoms with E-state index in [1.54, 1.807) is 0 Å². The Morgan fingerprint density at radius 2 is 2.08 bits per heavy atom. The van der Waals surface area contributed by atoms with Gasteiger partial charge in [0.2, 0.25) is 0 Å². The summed E-state index contributed by atoms with van der Waals surface area (Å²) in [6.45, 7) is 4.94. The van der Waals surface area contributed by atoms with Gasteiger partial charge >= 0.3 is 6.03 Å². The van der Waals surface area contributed by atoms with Gasteiger partial charge in [-0.25, -0.2) is 9.78 Å². The minimum Gasteiger partial charge on any atom is -0.336 e. The number of amides is 3. The SMILES string of the molecule is CC(C)NC(=O)Nc1nc2c(s1)CN(C(=O)c1ccccc1Br)CC2. The fourth-order valence-electron chi connectivity index (χ4n) is 2.62. The molecule has 25 heavy (non-hydrogen) atoms. The fraction of sp³-hybridized carbons (Fsp3) is 0.353. The number of benzene rings is 1. The molecule has 2 heterocycles. The molecule has 8 heteroatoms. The summed E-state index contributed by atoms with van der Waals surface area (Å²) in [7, 11) is 0. The summed E-state index contributed by atoms with van der Waals surface area (Å²) in [5.74, 6) is -0.00131. The van der Waals surface area contributed by atoms with E-state index in [-0.39, 0.29) is 18.0 Å². The van der Waals surface area contributed by atoms with E-state index in [2.05, 4.69) is 31.5 Å². The minimum atomic E-state index is -0.262. The second kappa shape index (κ2) is 7.53. The standard InChI is InChI=1S/C17H19BrN4O2S/c1-10(2)19-16(24)21-17-20-13-7-8-22(9-14(13)25-17)15(23)11-5-3-4-6-12(11)18/h3-6,10H,7-9H2,1-2H3,(H2,19,20,21,24). The van der Waals surface area contributed by atoms with Gasteiger partial charge in [0.05, 0.1) is 17.8 Å². The highest BCUT2D eigenvalue weighted by atomic mass is 79.9. The van der Waals surface area contributed by atoms with Crippen molar-refractivity contribution in [3.05, 3.63) is 44.9 Å². The molecule has 0 atom stereocenters. The molecule has 2 aromatic rings. The quantitative estimate of drug-likeness (QED) is 0.792. The number of hydrogen-bond acceptors (Lipinski definition) is 4. The van der Waals surface area contributed by atoms with Crippen molar-refractivity contribution in [2.75, 3.05) is 11.9 Å². The smallest absolute Gasteiger partial charge is 0.321 e. The summed E-state index contributed by atoms with van der Waals surface area (Å²) in [6.07, 6.45) is 0.690. The molecule has 0 aliphatic carbocycles. The largest absolute Gasteiger partial charge is 0.336 e. The third-order valence-corrected chi connectivity index (χ3v) is 5.45. The maximum atomic E-state index is 12.7. The molecule has 1 aromatic heterocycles. The number of aromatic nitrogens is 1. The monoisotopic (exact) mass is 422 g/mol. The molecule has 1 aliphatic rings. The van der Waals surface area contributed by atoms with E-state index in [9.17, 15) is 9.59 Å². The maximum absolute atomic E-state index is 12.7. The first kappa shape index (κ1) is 17.9. The number of halogens is 1. The number of fused-ring (bicyclic) bond motifs is 1. The molecule has 3 amide bonds. The van der Waals surface area contributed by atoms with Crippen LogP contribution in [0.3, 0.4) is 0 Å². The van der Waals surface area contributed by atoms with Crippen molar-refractivity contribution in [3.63, 3.8) is 0 Å². The van der Waals surface area contributed by atoms with E-state index in [4.69, 9.17) is 0 Å². The molecule has 1 aromatic carbocycles. The van der Waals surface area contributed by atoms with Crippen LogP contribution in [0.25, 0.3) is 0 Å². The van der Waals surface area contributed by atoms with Crippen LogP contribution in [0.4, 0.5) is 9.93 Å². The highest BCUT2D eigenvalue weighted by Gasteiger charge is 2.26. The molecule has 3 rings (SSSR count). The molecule has 6 nitrogen and oxygen atoms in total. The number of carbonyl (C=O) groups is 2. The Labute approximate surface area is 158 Å². The Kier molecular flexibility index (Phi) is 5.39. The number of carbonyl (C=O) groups excluding carboxylic acids is 2. The molecule has 0 bridgehead atoms. The molecule has 0 fully saturated rings. The molecule has 0 saturated carbocycles. The van der Waals surface area contributed by atoms with Gasteiger partial charge in [0.15, 0.2) is 5.13 Å². The van der Waals surface area contributed by atoms with Gasteiger partial charge in [-0.3, -0.25) is 10.1 Å². The van der Waals surface area contributed by atoms with E-state index < -0.39 is 0 Å². The number of anilines is 1. The fourth-order valence-corrected chi connectivity index (χ4v) is 4.10. The Bertz CT molecular complexity index is 806. The molecule has 1 aliphatic heterocycles. The summed E-state index contributed by atoms with van der Waals surface area (Å²) < 4.78 is 0.794. The van der Waals surface area contributed by atoms with Crippen LogP contribution in [-0.4, -0.2) is 34.4 Å². The van der Waals surface area contributed by atoms with Crippen molar-refractivity contribution in [2.45, 2.75) is 32.9 Å². The highest BCUT2D eigenvalue weighted by molar-refractivity contribution is 9.10. The second-order valence-electron chi connectivity index (χ2n) is 6.10. The van der Waals surface area contributed by atoms with Crippen LogP contribution in [0.15, 0.2) is 28.7 Å². The van der Waals surface area contributed by atoms with Gasteiger partial charge in [0, 0.05) is 28.4 Å². The highest BCUT2D eigenvalue weighted by Crippen LogP contribution is 2.29. The average Bonchev–Trinajstić information content (AvgIpc) is 2.94. The third-order valence-electron chi connectivity index (χ3n) is 3.76. The van der Waals surface area contributed by atoms with Crippen LogP contribution < -0.4 is 10.6 Å². The summed E-state index contributed by atoms with van der Waals surface area (Å²) in [5.41, 5.74) is 1.62. The molecule has 0 saturated heterocycles. The lowest BCUT2D eigenvalue weighted by Crippen LogP contribution is -2.35. The van der Waals surface area contributed by atoms with Gasteiger partial charge in [0.25, 0.3) is 5.91 Å². The summed E-state index contributed by atoms with van der Waals surface area (Å²) in [4.78, 5) is 31.9. The number of thiazole rings is 1. The van der Waals surface area contributed by atoms with Crippen molar-refractivity contribution >= 4 is 44.3 Å². The van der Waals surface area contributed by atoms with E-state index in [0.717, 1.165) is 15.0 Å². The van der Waals surface area contributed by atoms with E-state index in [1.165, 1.54) is 11.3 Å². The lowest BCUT2D eigenvalue weighted by atomic mass is 10.1. The third kappa shape index (κ3) is 4.19. The Morgan fingerprint density at radius 3 is 2.80 bits per heavy atom. The number of rotatable bonds is 3. The van der Waals surface area contributed by atoms with Gasteiger partial charge in [0.1, 0.15) is 0 Å². The number of hydrogen-bond donors (Lipinski definition) is 2. The van der Waals surface area contributed by atoms with Crippen molar-refractivity contribution in [1.82, 2.24) is 15.2 Å². The number of urea groups is 1. The van der Waals surface area contributed by atoms with Crippen LogP contribution in [0, 0.1) is 0 Å². The van der Waals surface area contributed by atoms with Crippen LogP contribution in [0.5, 0.6) is 0 Å². The summed E-state index contributed by atoms with van der Waals surface area (Å²) in [5, 5.41) is 6.10.